The molecule has 1 heteroatoms. The second kappa shape index (κ2) is 4.19. The van der Waals surface area contributed by atoms with Gasteiger partial charge in [-0.05, 0) is 47.6 Å². The number of carbonyl (C=O) groups is 1. The number of ketones is 1. The van der Waals surface area contributed by atoms with Crippen LogP contribution in [0.15, 0.2) is 30.3 Å². The molecule has 0 heterocycles. The van der Waals surface area contributed by atoms with Crippen molar-refractivity contribution in [1.82, 2.24) is 0 Å². The molecule has 0 atom stereocenters. The highest BCUT2D eigenvalue weighted by molar-refractivity contribution is 6.11. The molecule has 0 amide bonds. The monoisotopic (exact) mass is 250 g/mol. The van der Waals surface area contributed by atoms with Crippen LogP contribution in [0.4, 0.5) is 0 Å². The van der Waals surface area contributed by atoms with Gasteiger partial charge in [0.2, 0.25) is 0 Å². The summed E-state index contributed by atoms with van der Waals surface area (Å²) in [6, 6.07) is 10.7. The first kappa shape index (κ1) is 11.2. The summed E-state index contributed by atoms with van der Waals surface area (Å²) in [5, 5.41) is 2.57. The molecule has 4 rings (SSSR count). The maximum absolute atomic E-state index is 12.7. The van der Waals surface area contributed by atoms with Crippen LogP contribution in [0.25, 0.3) is 10.8 Å². The van der Waals surface area contributed by atoms with E-state index in [1.54, 1.807) is 0 Å². The Labute approximate surface area is 113 Å². The van der Waals surface area contributed by atoms with E-state index in [-0.39, 0.29) is 5.92 Å². The van der Waals surface area contributed by atoms with Crippen molar-refractivity contribution < 1.29 is 4.79 Å². The van der Waals surface area contributed by atoms with E-state index in [4.69, 9.17) is 0 Å². The molecule has 0 saturated heterocycles. The van der Waals surface area contributed by atoms with Crippen molar-refractivity contribution in [2.45, 2.75) is 38.5 Å². The third kappa shape index (κ3) is 1.64. The first-order valence-corrected chi connectivity index (χ1v) is 7.42. The Hall–Kier alpha value is -1.63. The average Bonchev–Trinajstić information content (AvgIpc) is 3.09. The fourth-order valence-corrected chi connectivity index (χ4v) is 3.87. The molecule has 2 aromatic rings. The van der Waals surface area contributed by atoms with Crippen molar-refractivity contribution >= 4 is 16.6 Å². The van der Waals surface area contributed by atoms with Gasteiger partial charge in [0.1, 0.15) is 0 Å². The van der Waals surface area contributed by atoms with E-state index in [0.717, 1.165) is 31.2 Å². The maximum atomic E-state index is 12.7. The van der Waals surface area contributed by atoms with Crippen molar-refractivity contribution in [3.8, 4) is 0 Å². The van der Waals surface area contributed by atoms with Crippen LogP contribution in [0.5, 0.6) is 0 Å². The lowest BCUT2D eigenvalue weighted by Crippen LogP contribution is -2.11. The lowest BCUT2D eigenvalue weighted by atomic mass is 9.91. The second-order valence-corrected chi connectivity index (χ2v) is 5.96. The Morgan fingerprint density at radius 2 is 1.68 bits per heavy atom. The molecule has 1 nitrogen and oxygen atoms in total. The van der Waals surface area contributed by atoms with Crippen LogP contribution in [-0.4, -0.2) is 5.78 Å². The number of hydrogen-bond acceptors (Lipinski definition) is 1. The summed E-state index contributed by atoms with van der Waals surface area (Å²) in [5.41, 5.74) is 3.82. The molecule has 96 valence electrons. The summed E-state index contributed by atoms with van der Waals surface area (Å²) < 4.78 is 0. The Balaban J connectivity index is 1.89. The van der Waals surface area contributed by atoms with Crippen LogP contribution in [0.1, 0.15) is 47.2 Å². The van der Waals surface area contributed by atoms with Crippen molar-refractivity contribution in [3.05, 3.63) is 47.0 Å². The van der Waals surface area contributed by atoms with E-state index in [9.17, 15) is 4.79 Å². The molecule has 2 aromatic carbocycles. The lowest BCUT2D eigenvalue weighted by molar-refractivity contribution is 0.0924. The second-order valence-electron chi connectivity index (χ2n) is 5.96. The molecular formula is C18H18O. The van der Waals surface area contributed by atoms with Gasteiger partial charge in [0, 0.05) is 11.5 Å². The molecule has 19 heavy (non-hydrogen) atoms. The first-order valence-electron chi connectivity index (χ1n) is 7.42. The molecule has 0 spiro atoms. The van der Waals surface area contributed by atoms with E-state index in [2.05, 4.69) is 30.3 Å². The molecule has 0 unspecified atom stereocenters. The Kier molecular flexibility index (Phi) is 2.48. The smallest absolute Gasteiger partial charge is 0.166 e. The van der Waals surface area contributed by atoms with Gasteiger partial charge in [-0.1, -0.05) is 43.2 Å². The molecule has 0 radical (unpaired) electrons. The molecule has 0 N–H and O–H groups in total. The van der Waals surface area contributed by atoms with E-state index < -0.39 is 0 Å². The van der Waals surface area contributed by atoms with Crippen LogP contribution >= 0.6 is 0 Å². The summed E-state index contributed by atoms with van der Waals surface area (Å²) in [6.45, 7) is 0. The minimum atomic E-state index is 0.276. The van der Waals surface area contributed by atoms with Crippen LogP contribution < -0.4 is 0 Å². The summed E-state index contributed by atoms with van der Waals surface area (Å²) in [6.07, 6.45) is 6.88. The fourth-order valence-electron chi connectivity index (χ4n) is 3.87. The number of hydrogen-bond donors (Lipinski definition) is 0. The summed E-state index contributed by atoms with van der Waals surface area (Å²) in [4.78, 5) is 12.7. The zero-order valence-corrected chi connectivity index (χ0v) is 11.1. The molecule has 2 aliphatic rings. The molecule has 2 aliphatic carbocycles. The van der Waals surface area contributed by atoms with Crippen molar-refractivity contribution in [2.75, 3.05) is 0 Å². The van der Waals surface area contributed by atoms with Gasteiger partial charge in [0.05, 0.1) is 0 Å². The SMILES string of the molecule is O=C(c1ccc2c3c(cccc13)CC2)C1CCCC1. The summed E-state index contributed by atoms with van der Waals surface area (Å²) in [5.74, 6) is 0.659. The van der Waals surface area contributed by atoms with Crippen molar-refractivity contribution in [1.29, 1.82) is 0 Å². The quantitative estimate of drug-likeness (QED) is 0.726. The zero-order valence-electron chi connectivity index (χ0n) is 11.1. The van der Waals surface area contributed by atoms with E-state index in [1.807, 2.05) is 0 Å². The van der Waals surface area contributed by atoms with Gasteiger partial charge in [-0.3, -0.25) is 4.79 Å². The number of rotatable bonds is 2. The Bertz CT molecular complexity index is 652. The third-order valence-corrected chi connectivity index (χ3v) is 4.87. The average molecular weight is 250 g/mol. The fraction of sp³-hybridized carbons (Fsp3) is 0.389. The minimum absolute atomic E-state index is 0.276. The van der Waals surface area contributed by atoms with Gasteiger partial charge in [0.15, 0.2) is 5.78 Å². The van der Waals surface area contributed by atoms with Crippen LogP contribution in [-0.2, 0) is 12.8 Å². The third-order valence-electron chi connectivity index (χ3n) is 4.87. The highest BCUT2D eigenvalue weighted by Crippen LogP contribution is 2.35. The highest BCUT2D eigenvalue weighted by atomic mass is 16.1. The first-order chi connectivity index (χ1) is 9.34. The van der Waals surface area contributed by atoms with Crippen LogP contribution in [0.2, 0.25) is 0 Å². The van der Waals surface area contributed by atoms with E-state index in [1.165, 1.54) is 34.7 Å². The standard InChI is InChI=1S/C18H18O/c19-18(14-4-1-2-5-14)16-11-10-13-9-8-12-6-3-7-15(16)17(12)13/h3,6-7,10-11,14H,1-2,4-5,8-9H2. The maximum Gasteiger partial charge on any atom is 0.166 e. The molecular weight excluding hydrogens is 232 g/mol. The Morgan fingerprint density at radius 1 is 0.947 bits per heavy atom. The van der Waals surface area contributed by atoms with Gasteiger partial charge < -0.3 is 0 Å². The molecule has 1 fully saturated rings. The predicted octanol–water partition coefficient (Wildman–Crippen LogP) is 4.31. The van der Waals surface area contributed by atoms with Gasteiger partial charge in [-0.15, -0.1) is 0 Å². The van der Waals surface area contributed by atoms with Crippen molar-refractivity contribution in [3.63, 3.8) is 0 Å². The predicted molar refractivity (Wildman–Crippen MR) is 77.6 cm³/mol. The van der Waals surface area contributed by atoms with Gasteiger partial charge in [-0.2, -0.15) is 0 Å². The normalized spacial score (nSPS) is 18.3. The number of carbonyl (C=O) groups excluding carboxylic acids is 1. The molecule has 0 aliphatic heterocycles. The number of benzene rings is 2. The molecule has 1 saturated carbocycles. The molecule has 0 aromatic heterocycles. The van der Waals surface area contributed by atoms with Crippen LogP contribution in [0.3, 0.4) is 0 Å². The molecule has 0 bridgehead atoms. The van der Waals surface area contributed by atoms with E-state index >= 15 is 0 Å². The van der Waals surface area contributed by atoms with E-state index in [0.29, 0.717) is 5.78 Å². The topological polar surface area (TPSA) is 17.1 Å². The largest absolute Gasteiger partial charge is 0.294 e. The zero-order chi connectivity index (χ0) is 12.8. The minimum Gasteiger partial charge on any atom is -0.294 e. The van der Waals surface area contributed by atoms with Gasteiger partial charge in [-0.25, -0.2) is 0 Å². The summed E-state index contributed by atoms with van der Waals surface area (Å²) in [7, 11) is 0. The number of Topliss-reactive ketones (excluding diaryl/α,β-unsaturated/α-hetero) is 1. The van der Waals surface area contributed by atoms with Gasteiger partial charge in [0.25, 0.3) is 0 Å². The van der Waals surface area contributed by atoms with Crippen molar-refractivity contribution in [2.24, 2.45) is 5.92 Å². The Morgan fingerprint density at radius 3 is 2.47 bits per heavy atom. The summed E-state index contributed by atoms with van der Waals surface area (Å²) >= 11 is 0. The highest BCUT2D eigenvalue weighted by Gasteiger charge is 2.26. The van der Waals surface area contributed by atoms with Crippen LogP contribution in [0, 0.1) is 5.92 Å². The lowest BCUT2D eigenvalue weighted by Gasteiger charge is -2.12. The number of aryl methyl sites for hydroxylation is 2. The van der Waals surface area contributed by atoms with Gasteiger partial charge >= 0.3 is 0 Å².